The first-order chi connectivity index (χ1) is 12.7. The number of para-hydroxylation sites is 1. The first kappa shape index (κ1) is 19.3. The average molecular weight is 398 g/mol. The van der Waals surface area contributed by atoms with E-state index >= 15 is 0 Å². The number of allylic oxidation sites excluding steroid dienone is 1. The zero-order valence-corrected chi connectivity index (χ0v) is 15.2. The number of nitrogens with zero attached hydrogens (tertiary/aromatic N) is 3. The number of fused-ring (bicyclic) bond motifs is 1. The number of aromatic nitrogens is 1. The van der Waals surface area contributed by atoms with E-state index in [2.05, 4.69) is 4.98 Å². The van der Waals surface area contributed by atoms with Crippen molar-refractivity contribution in [1.29, 1.82) is 0 Å². The van der Waals surface area contributed by atoms with Crippen LogP contribution in [0, 0.1) is 0 Å². The number of carbonyl (C=O) groups is 2. The van der Waals surface area contributed by atoms with Crippen LogP contribution in [0.25, 0.3) is 10.2 Å². The minimum Gasteiger partial charge on any atom is -0.374 e. The van der Waals surface area contributed by atoms with Gasteiger partial charge in [-0.3, -0.25) is 9.59 Å². The summed E-state index contributed by atoms with van der Waals surface area (Å²) in [4.78, 5) is 30.5. The van der Waals surface area contributed by atoms with Crippen LogP contribution in [0.15, 0.2) is 35.5 Å². The number of halogens is 3. The summed E-state index contributed by atoms with van der Waals surface area (Å²) in [6, 6.07) is 6.95. The Morgan fingerprint density at radius 3 is 2.44 bits per heavy atom. The van der Waals surface area contributed by atoms with Gasteiger partial charge in [-0.05, 0) is 31.9 Å². The topological polar surface area (TPSA) is 79.5 Å². The molecule has 0 bridgehead atoms. The summed E-state index contributed by atoms with van der Waals surface area (Å²) in [7, 11) is 0. The molecule has 2 heterocycles. The van der Waals surface area contributed by atoms with E-state index in [4.69, 9.17) is 5.84 Å². The van der Waals surface area contributed by atoms with Crippen molar-refractivity contribution in [3.8, 4) is 0 Å². The quantitative estimate of drug-likeness (QED) is 0.214. The Morgan fingerprint density at radius 1 is 1.22 bits per heavy atom. The molecule has 0 radical (unpaired) electrons. The number of anilines is 1. The molecule has 27 heavy (non-hydrogen) atoms. The first-order valence-electron chi connectivity index (χ1n) is 8.22. The second-order valence-corrected chi connectivity index (χ2v) is 7.13. The van der Waals surface area contributed by atoms with Gasteiger partial charge in [0.1, 0.15) is 5.57 Å². The highest BCUT2D eigenvalue weighted by molar-refractivity contribution is 7.22. The highest BCUT2D eigenvalue weighted by Crippen LogP contribution is 2.31. The standard InChI is InChI=1S/C17H17F3N4O2S/c1-10(23-8-4-5-9-23)13(14(25)17(18,19)20)15(26)24(21)16-22-11-6-2-3-7-12(11)27-16/h2-3,6-7H,4-5,8-9,21H2,1H3/b13-10+. The minimum atomic E-state index is -5.18. The van der Waals surface area contributed by atoms with Crippen LogP contribution in [-0.2, 0) is 9.59 Å². The van der Waals surface area contributed by atoms with Crippen molar-refractivity contribution in [2.75, 3.05) is 18.1 Å². The Labute approximate surface area is 157 Å². The van der Waals surface area contributed by atoms with E-state index in [1.807, 2.05) is 0 Å². The van der Waals surface area contributed by atoms with E-state index in [1.54, 1.807) is 29.2 Å². The van der Waals surface area contributed by atoms with E-state index in [9.17, 15) is 22.8 Å². The molecular formula is C17H17F3N4O2S. The van der Waals surface area contributed by atoms with Crippen LogP contribution < -0.4 is 10.9 Å². The molecule has 1 amide bonds. The number of nitrogens with two attached hydrogens (primary N) is 1. The summed E-state index contributed by atoms with van der Waals surface area (Å²) in [6.45, 7) is 2.31. The highest BCUT2D eigenvalue weighted by Gasteiger charge is 2.45. The second-order valence-electron chi connectivity index (χ2n) is 6.12. The maximum absolute atomic E-state index is 13.1. The van der Waals surface area contributed by atoms with E-state index in [0.717, 1.165) is 28.9 Å². The predicted molar refractivity (Wildman–Crippen MR) is 95.9 cm³/mol. The fourth-order valence-corrected chi connectivity index (χ4v) is 3.83. The molecule has 1 aliphatic rings. The molecule has 10 heteroatoms. The average Bonchev–Trinajstić information content (AvgIpc) is 3.29. The van der Waals surface area contributed by atoms with Crippen LogP contribution in [0.5, 0.6) is 0 Å². The van der Waals surface area contributed by atoms with E-state index < -0.39 is 23.4 Å². The number of ketones is 1. The molecule has 1 aliphatic heterocycles. The molecule has 3 rings (SSSR count). The number of thiazole rings is 1. The lowest BCUT2D eigenvalue weighted by atomic mass is 10.1. The number of alkyl halides is 3. The van der Waals surface area contributed by atoms with E-state index in [0.29, 0.717) is 23.6 Å². The zero-order chi connectivity index (χ0) is 19.8. The van der Waals surface area contributed by atoms with Crippen LogP contribution in [0.2, 0.25) is 0 Å². The van der Waals surface area contributed by atoms with Crippen LogP contribution >= 0.6 is 11.3 Å². The van der Waals surface area contributed by atoms with Gasteiger partial charge >= 0.3 is 6.18 Å². The Balaban J connectivity index is 2.01. The lowest BCUT2D eigenvalue weighted by Crippen LogP contribution is -2.44. The maximum atomic E-state index is 13.1. The smallest absolute Gasteiger partial charge is 0.374 e. The van der Waals surface area contributed by atoms with Gasteiger partial charge in [0.2, 0.25) is 5.13 Å². The third-order valence-electron chi connectivity index (χ3n) is 4.35. The number of amides is 1. The fourth-order valence-electron chi connectivity index (χ4n) is 2.94. The number of carbonyl (C=O) groups excluding carboxylic acids is 2. The van der Waals surface area contributed by atoms with Gasteiger partial charge in [0, 0.05) is 18.8 Å². The molecule has 1 fully saturated rings. The van der Waals surface area contributed by atoms with Gasteiger partial charge in [-0.15, -0.1) is 0 Å². The molecule has 6 nitrogen and oxygen atoms in total. The number of Topliss-reactive ketones (excluding diaryl/α,β-unsaturated/α-hetero) is 1. The molecule has 0 spiro atoms. The molecule has 2 N–H and O–H groups in total. The van der Waals surface area contributed by atoms with Gasteiger partial charge in [0.05, 0.1) is 10.2 Å². The van der Waals surface area contributed by atoms with Crippen molar-refractivity contribution in [3.05, 3.63) is 35.5 Å². The molecule has 144 valence electrons. The van der Waals surface area contributed by atoms with Crippen LogP contribution in [0.4, 0.5) is 18.3 Å². The lowest BCUT2D eigenvalue weighted by molar-refractivity contribution is -0.167. The predicted octanol–water partition coefficient (Wildman–Crippen LogP) is 3.00. The summed E-state index contributed by atoms with van der Waals surface area (Å²) in [5.41, 5.74) is -0.424. The Morgan fingerprint density at radius 2 is 1.85 bits per heavy atom. The number of hydrogen-bond donors (Lipinski definition) is 1. The van der Waals surface area contributed by atoms with Gasteiger partial charge in [-0.2, -0.15) is 13.2 Å². The number of hydrogen-bond acceptors (Lipinski definition) is 6. The summed E-state index contributed by atoms with van der Waals surface area (Å²) in [5, 5.41) is 0.534. The normalized spacial score (nSPS) is 15.8. The Hall–Kier alpha value is -2.46. The zero-order valence-electron chi connectivity index (χ0n) is 14.4. The van der Waals surface area contributed by atoms with Crippen molar-refractivity contribution in [2.24, 2.45) is 5.84 Å². The van der Waals surface area contributed by atoms with Crippen LogP contribution in [0.3, 0.4) is 0 Å². The SMILES string of the molecule is C/C(=C(\C(=O)N(N)c1nc2ccccc2s1)C(=O)C(F)(F)F)N1CCCC1. The molecule has 0 unspecified atom stereocenters. The largest absolute Gasteiger partial charge is 0.455 e. The third kappa shape index (κ3) is 3.81. The van der Waals surface area contributed by atoms with Gasteiger partial charge in [0.25, 0.3) is 11.7 Å². The molecule has 0 saturated carbocycles. The molecule has 0 aliphatic carbocycles. The first-order valence-corrected chi connectivity index (χ1v) is 9.04. The van der Waals surface area contributed by atoms with Crippen molar-refractivity contribution in [1.82, 2.24) is 9.88 Å². The van der Waals surface area contributed by atoms with Crippen LogP contribution in [-0.4, -0.2) is 40.8 Å². The molecule has 1 aromatic carbocycles. The van der Waals surface area contributed by atoms with Crippen molar-refractivity contribution in [2.45, 2.75) is 25.9 Å². The summed E-state index contributed by atoms with van der Waals surface area (Å²) < 4.78 is 40.1. The third-order valence-corrected chi connectivity index (χ3v) is 5.38. The van der Waals surface area contributed by atoms with Gasteiger partial charge in [0.15, 0.2) is 0 Å². The summed E-state index contributed by atoms with van der Waals surface area (Å²) >= 11 is 1.05. The summed E-state index contributed by atoms with van der Waals surface area (Å²) in [6.07, 6.45) is -3.62. The van der Waals surface area contributed by atoms with Crippen molar-refractivity contribution < 1.29 is 22.8 Å². The Bertz CT molecular complexity index is 883. The second kappa shape index (κ2) is 7.28. The van der Waals surface area contributed by atoms with Crippen molar-refractivity contribution in [3.63, 3.8) is 0 Å². The maximum Gasteiger partial charge on any atom is 0.455 e. The monoisotopic (exact) mass is 398 g/mol. The fraction of sp³-hybridized carbons (Fsp3) is 0.353. The molecule has 1 aromatic heterocycles. The van der Waals surface area contributed by atoms with Crippen molar-refractivity contribution >= 4 is 38.4 Å². The number of rotatable bonds is 4. The highest BCUT2D eigenvalue weighted by atomic mass is 32.1. The molecule has 1 saturated heterocycles. The number of hydrazine groups is 1. The Kier molecular flexibility index (Phi) is 5.20. The van der Waals surface area contributed by atoms with Gasteiger partial charge in [-0.1, -0.05) is 23.5 Å². The van der Waals surface area contributed by atoms with E-state index in [-0.39, 0.29) is 10.8 Å². The van der Waals surface area contributed by atoms with E-state index in [1.165, 1.54) is 6.92 Å². The number of benzene rings is 1. The molecular weight excluding hydrogens is 381 g/mol. The lowest BCUT2D eigenvalue weighted by Gasteiger charge is -2.23. The molecule has 0 atom stereocenters. The molecule has 2 aromatic rings. The number of likely N-dealkylation sites (tertiary alicyclic amines) is 1. The van der Waals surface area contributed by atoms with Gasteiger partial charge in [-0.25, -0.2) is 15.8 Å². The summed E-state index contributed by atoms with van der Waals surface area (Å²) in [5.74, 6) is 2.36. The van der Waals surface area contributed by atoms with Gasteiger partial charge < -0.3 is 4.90 Å². The minimum absolute atomic E-state index is 0.0166. The van der Waals surface area contributed by atoms with Crippen LogP contribution in [0.1, 0.15) is 19.8 Å².